The minimum atomic E-state index is -4.51. The first kappa shape index (κ1) is 23.6. The van der Waals surface area contributed by atoms with Gasteiger partial charge in [-0.1, -0.05) is 0 Å². The molecule has 2 aliphatic rings. The van der Waals surface area contributed by atoms with E-state index in [-0.39, 0.29) is 18.3 Å². The largest absolute Gasteiger partial charge is 0.468 e. The number of alkyl halides is 3. The van der Waals surface area contributed by atoms with Crippen molar-refractivity contribution in [3.63, 3.8) is 0 Å². The first-order chi connectivity index (χ1) is 15.9. The van der Waals surface area contributed by atoms with E-state index in [1.807, 2.05) is 15.9 Å². The van der Waals surface area contributed by atoms with Gasteiger partial charge in [0.2, 0.25) is 5.91 Å². The van der Waals surface area contributed by atoms with Crippen molar-refractivity contribution in [1.82, 2.24) is 4.90 Å². The molecule has 1 unspecified atom stereocenters. The van der Waals surface area contributed by atoms with E-state index in [1.165, 1.54) is 6.07 Å². The minimum absolute atomic E-state index is 0.000638. The molecule has 0 spiro atoms. The molecule has 180 valence electrons. The van der Waals surface area contributed by atoms with Crippen LogP contribution in [0.15, 0.2) is 41.0 Å². The standard InChI is InChI=1S/C23H28F3N3O4/c24-23(25,26)17-5-6-21(29-7-11-31-12-8-29)20(13-17)27-22(30)16-28(14-18-3-1-9-32-18)15-19-4-2-10-33-19/h1,3,5-6,9,13,19H,2,4,7-8,10-12,14-16H2,(H,27,30). The third kappa shape index (κ3) is 6.49. The summed E-state index contributed by atoms with van der Waals surface area (Å²) in [5.74, 6) is 0.308. The Morgan fingerprint density at radius 1 is 1.18 bits per heavy atom. The van der Waals surface area contributed by atoms with E-state index in [0.717, 1.165) is 25.0 Å². The van der Waals surface area contributed by atoms with Crippen molar-refractivity contribution in [2.75, 3.05) is 56.2 Å². The number of rotatable bonds is 8. The molecule has 10 heteroatoms. The van der Waals surface area contributed by atoms with E-state index in [0.29, 0.717) is 57.4 Å². The highest BCUT2D eigenvalue weighted by Gasteiger charge is 2.32. The van der Waals surface area contributed by atoms with Crippen LogP contribution in [-0.2, 0) is 27.0 Å². The first-order valence-electron chi connectivity index (χ1n) is 11.1. The Morgan fingerprint density at radius 3 is 2.67 bits per heavy atom. The molecule has 0 bridgehead atoms. The van der Waals surface area contributed by atoms with Gasteiger partial charge in [-0.25, -0.2) is 0 Å². The van der Waals surface area contributed by atoms with Crippen molar-refractivity contribution >= 4 is 17.3 Å². The maximum Gasteiger partial charge on any atom is 0.416 e. The van der Waals surface area contributed by atoms with Gasteiger partial charge in [-0.15, -0.1) is 0 Å². The number of morpholine rings is 1. The molecule has 1 amide bonds. The van der Waals surface area contributed by atoms with Crippen LogP contribution in [0.2, 0.25) is 0 Å². The first-order valence-corrected chi connectivity index (χ1v) is 11.1. The average Bonchev–Trinajstić information content (AvgIpc) is 3.48. The van der Waals surface area contributed by atoms with Gasteiger partial charge in [-0.05, 0) is 43.2 Å². The number of hydrogen-bond donors (Lipinski definition) is 1. The number of amides is 1. The fourth-order valence-corrected chi connectivity index (χ4v) is 4.17. The maximum atomic E-state index is 13.3. The molecule has 33 heavy (non-hydrogen) atoms. The second-order valence-electron chi connectivity index (χ2n) is 8.26. The van der Waals surface area contributed by atoms with E-state index in [4.69, 9.17) is 13.9 Å². The minimum Gasteiger partial charge on any atom is -0.468 e. The molecule has 7 nitrogen and oxygen atoms in total. The molecule has 1 aromatic carbocycles. The van der Waals surface area contributed by atoms with Crippen molar-refractivity contribution in [1.29, 1.82) is 0 Å². The molecule has 1 atom stereocenters. The van der Waals surface area contributed by atoms with Crippen molar-refractivity contribution in [3.05, 3.63) is 47.9 Å². The van der Waals surface area contributed by atoms with Gasteiger partial charge in [-0.2, -0.15) is 13.2 Å². The lowest BCUT2D eigenvalue weighted by Gasteiger charge is -2.31. The predicted octanol–water partition coefficient (Wildman–Crippen LogP) is 3.75. The summed E-state index contributed by atoms with van der Waals surface area (Å²) in [6.45, 7) is 3.67. The number of carbonyl (C=O) groups excluding carboxylic acids is 1. The highest BCUT2D eigenvalue weighted by molar-refractivity contribution is 5.95. The maximum absolute atomic E-state index is 13.3. The van der Waals surface area contributed by atoms with Gasteiger partial charge >= 0.3 is 6.18 Å². The Balaban J connectivity index is 1.50. The third-order valence-corrected chi connectivity index (χ3v) is 5.76. The summed E-state index contributed by atoms with van der Waals surface area (Å²) in [4.78, 5) is 16.8. The molecule has 4 rings (SSSR count). The van der Waals surface area contributed by atoms with Gasteiger partial charge in [0.1, 0.15) is 5.76 Å². The summed E-state index contributed by atoms with van der Waals surface area (Å²) in [5.41, 5.74) is -0.107. The zero-order valence-corrected chi connectivity index (χ0v) is 18.3. The zero-order chi connectivity index (χ0) is 23.3. The molecule has 2 aliphatic heterocycles. The fourth-order valence-electron chi connectivity index (χ4n) is 4.17. The SMILES string of the molecule is O=C(CN(Cc1ccco1)CC1CCCO1)Nc1cc(C(F)(F)F)ccc1N1CCOCC1. The van der Waals surface area contributed by atoms with Gasteiger partial charge in [0, 0.05) is 26.2 Å². The number of nitrogens with zero attached hydrogens (tertiary/aromatic N) is 2. The number of carbonyl (C=O) groups is 1. The Morgan fingerprint density at radius 2 is 2.00 bits per heavy atom. The van der Waals surface area contributed by atoms with Crippen LogP contribution in [0, 0.1) is 0 Å². The van der Waals surface area contributed by atoms with Crippen LogP contribution in [0.1, 0.15) is 24.2 Å². The van der Waals surface area contributed by atoms with E-state index in [9.17, 15) is 18.0 Å². The average molecular weight is 467 g/mol. The van der Waals surface area contributed by atoms with Crippen LogP contribution in [-0.4, -0.2) is 62.9 Å². The Labute approximate surface area is 190 Å². The topological polar surface area (TPSA) is 67.2 Å². The van der Waals surface area contributed by atoms with Gasteiger partial charge in [0.15, 0.2) is 0 Å². The number of nitrogens with one attached hydrogen (secondary N) is 1. The highest BCUT2D eigenvalue weighted by Crippen LogP contribution is 2.35. The van der Waals surface area contributed by atoms with Crippen molar-refractivity contribution in [2.24, 2.45) is 0 Å². The van der Waals surface area contributed by atoms with Gasteiger partial charge in [0.05, 0.1) is 55.6 Å². The Bertz CT molecular complexity index is 908. The van der Waals surface area contributed by atoms with Crippen LogP contribution < -0.4 is 10.2 Å². The second kappa shape index (κ2) is 10.6. The van der Waals surface area contributed by atoms with Crippen LogP contribution >= 0.6 is 0 Å². The molecule has 1 N–H and O–H groups in total. The predicted molar refractivity (Wildman–Crippen MR) is 116 cm³/mol. The van der Waals surface area contributed by atoms with E-state index in [2.05, 4.69) is 5.32 Å². The monoisotopic (exact) mass is 467 g/mol. The number of benzene rings is 1. The summed E-state index contributed by atoms with van der Waals surface area (Å²) in [6, 6.07) is 7.05. The summed E-state index contributed by atoms with van der Waals surface area (Å²) in [6.07, 6.45) is -1.04. The summed E-state index contributed by atoms with van der Waals surface area (Å²) in [5, 5.41) is 2.72. The smallest absolute Gasteiger partial charge is 0.416 e. The molecule has 1 aromatic heterocycles. The van der Waals surface area contributed by atoms with Crippen molar-refractivity contribution in [2.45, 2.75) is 31.7 Å². The lowest BCUT2D eigenvalue weighted by atomic mass is 10.1. The number of halogens is 3. The number of ether oxygens (including phenoxy) is 2. The van der Waals surface area contributed by atoms with Crippen molar-refractivity contribution in [3.8, 4) is 0 Å². The Kier molecular flexibility index (Phi) is 7.56. The van der Waals surface area contributed by atoms with Crippen LogP contribution in [0.25, 0.3) is 0 Å². The molecule has 0 aliphatic carbocycles. The van der Waals surface area contributed by atoms with Gasteiger partial charge in [-0.3, -0.25) is 9.69 Å². The van der Waals surface area contributed by atoms with Crippen LogP contribution in [0.3, 0.4) is 0 Å². The van der Waals surface area contributed by atoms with E-state index in [1.54, 1.807) is 12.3 Å². The number of furan rings is 1. The summed E-state index contributed by atoms with van der Waals surface area (Å²) >= 11 is 0. The van der Waals surface area contributed by atoms with E-state index >= 15 is 0 Å². The van der Waals surface area contributed by atoms with Crippen LogP contribution in [0.5, 0.6) is 0 Å². The van der Waals surface area contributed by atoms with E-state index < -0.39 is 17.6 Å². The molecular weight excluding hydrogens is 439 g/mol. The van der Waals surface area contributed by atoms with Crippen LogP contribution in [0.4, 0.5) is 24.5 Å². The highest BCUT2D eigenvalue weighted by atomic mass is 19.4. The third-order valence-electron chi connectivity index (χ3n) is 5.76. The Hall–Kier alpha value is -2.56. The lowest BCUT2D eigenvalue weighted by molar-refractivity contribution is -0.137. The van der Waals surface area contributed by atoms with Gasteiger partial charge in [0.25, 0.3) is 0 Å². The zero-order valence-electron chi connectivity index (χ0n) is 18.3. The normalized spacial score (nSPS) is 19.3. The lowest BCUT2D eigenvalue weighted by Crippen LogP contribution is -2.39. The second-order valence-corrected chi connectivity index (χ2v) is 8.26. The number of anilines is 2. The quantitative estimate of drug-likeness (QED) is 0.638. The van der Waals surface area contributed by atoms with Crippen molar-refractivity contribution < 1.29 is 31.9 Å². The summed E-state index contributed by atoms with van der Waals surface area (Å²) < 4.78 is 56.5. The molecule has 3 heterocycles. The molecule has 2 fully saturated rings. The summed E-state index contributed by atoms with van der Waals surface area (Å²) in [7, 11) is 0. The molecule has 2 saturated heterocycles. The fraction of sp³-hybridized carbons (Fsp3) is 0.522. The molecule has 0 radical (unpaired) electrons. The number of hydrogen-bond acceptors (Lipinski definition) is 6. The van der Waals surface area contributed by atoms with Gasteiger partial charge < -0.3 is 24.1 Å². The molecule has 0 saturated carbocycles. The molecular formula is C23H28F3N3O4. The molecule has 2 aromatic rings.